The fraction of sp³-hybridized carbons (Fsp3) is 0.172. The molecule has 0 radical (unpaired) electrons. The van der Waals surface area contributed by atoms with Crippen LogP contribution in [0, 0.1) is 0 Å². The fourth-order valence-electron chi connectivity index (χ4n) is 4.40. The number of nitrogens with zero attached hydrogens (tertiary/aromatic N) is 2. The minimum Gasteiger partial charge on any atom is -0.459 e. The summed E-state index contributed by atoms with van der Waals surface area (Å²) in [6, 6.07) is 26.2. The van der Waals surface area contributed by atoms with Gasteiger partial charge in [0.2, 0.25) is 11.4 Å². The summed E-state index contributed by atoms with van der Waals surface area (Å²) in [6.07, 6.45) is -2.68. The van der Waals surface area contributed by atoms with Crippen LogP contribution in [0.3, 0.4) is 0 Å². The highest BCUT2D eigenvalue weighted by Gasteiger charge is 2.64. The molecule has 3 aromatic carbocycles. The van der Waals surface area contributed by atoms with E-state index >= 15 is 0 Å². The van der Waals surface area contributed by atoms with Gasteiger partial charge in [0.15, 0.2) is 12.3 Å². The molecule has 0 unspecified atom stereocenters. The van der Waals surface area contributed by atoms with Crippen LogP contribution in [0.4, 0.5) is 0 Å². The van der Waals surface area contributed by atoms with Crippen molar-refractivity contribution in [3.63, 3.8) is 0 Å². The zero-order valence-corrected chi connectivity index (χ0v) is 22.0. The van der Waals surface area contributed by atoms with Crippen molar-refractivity contribution in [2.75, 3.05) is 6.61 Å². The predicted molar refractivity (Wildman–Crippen MR) is 142 cm³/mol. The molecule has 5 rings (SSSR count). The molecule has 198 valence electrons. The Kier molecular flexibility index (Phi) is 7.69. The second-order valence-corrected chi connectivity index (χ2v) is 9.63. The van der Waals surface area contributed by atoms with E-state index in [4.69, 9.17) is 14.2 Å². The van der Waals surface area contributed by atoms with Crippen LogP contribution < -0.4 is 0 Å². The Balaban J connectivity index is 1.53. The molecule has 39 heavy (non-hydrogen) atoms. The van der Waals surface area contributed by atoms with Gasteiger partial charge in [0.25, 0.3) is 0 Å². The molecule has 0 bridgehead atoms. The fourth-order valence-corrected chi connectivity index (χ4v) is 4.70. The zero-order chi connectivity index (χ0) is 27.4. The highest BCUT2D eigenvalue weighted by Crippen LogP contribution is 2.43. The Hall–Kier alpha value is -4.12. The van der Waals surface area contributed by atoms with Crippen molar-refractivity contribution in [1.82, 2.24) is 9.78 Å². The second-order valence-electron chi connectivity index (χ2n) is 8.82. The predicted octanol–water partition coefficient (Wildman–Crippen LogP) is 4.24. The smallest absolute Gasteiger partial charge is 0.338 e. The van der Waals surface area contributed by atoms with Crippen molar-refractivity contribution in [2.24, 2.45) is 0 Å². The molecule has 0 amide bonds. The first-order chi connectivity index (χ1) is 18.9. The second kappa shape index (κ2) is 11.3. The average molecular weight is 591 g/mol. The van der Waals surface area contributed by atoms with E-state index in [-0.39, 0.29) is 11.1 Å². The number of esters is 2. The van der Waals surface area contributed by atoms with Gasteiger partial charge in [0.05, 0.1) is 11.1 Å². The van der Waals surface area contributed by atoms with Crippen LogP contribution in [0.2, 0.25) is 0 Å². The Labute approximate surface area is 232 Å². The normalized spacial score (nSPS) is 22.3. The molecule has 1 fully saturated rings. The van der Waals surface area contributed by atoms with Crippen molar-refractivity contribution in [2.45, 2.75) is 24.0 Å². The van der Waals surface area contributed by atoms with Gasteiger partial charge in [-0.05, 0) is 46.3 Å². The number of carbonyl (C=O) groups is 3. The lowest BCUT2D eigenvalue weighted by Gasteiger charge is -2.32. The molecule has 9 nitrogen and oxygen atoms in total. The van der Waals surface area contributed by atoms with Gasteiger partial charge in [-0.2, -0.15) is 5.10 Å². The maximum atomic E-state index is 13.9. The first kappa shape index (κ1) is 26.5. The van der Waals surface area contributed by atoms with Gasteiger partial charge in [0.1, 0.15) is 17.3 Å². The highest BCUT2D eigenvalue weighted by atomic mass is 79.9. The van der Waals surface area contributed by atoms with Gasteiger partial charge in [-0.3, -0.25) is 4.79 Å². The van der Waals surface area contributed by atoms with Crippen molar-refractivity contribution in [3.05, 3.63) is 125 Å². The van der Waals surface area contributed by atoms with Crippen molar-refractivity contribution in [3.8, 4) is 0 Å². The molecule has 1 aromatic heterocycles. The molecule has 10 heteroatoms. The van der Waals surface area contributed by atoms with E-state index in [9.17, 15) is 19.5 Å². The number of hydrogen-bond acceptors (Lipinski definition) is 8. The summed E-state index contributed by atoms with van der Waals surface area (Å²) < 4.78 is 19.1. The molecule has 0 aliphatic carbocycles. The van der Waals surface area contributed by atoms with Gasteiger partial charge in [0, 0.05) is 11.8 Å². The topological polar surface area (TPSA) is 117 Å². The lowest BCUT2D eigenvalue weighted by Crippen LogP contribution is -2.55. The van der Waals surface area contributed by atoms with E-state index in [0.29, 0.717) is 10.2 Å². The summed E-state index contributed by atoms with van der Waals surface area (Å²) in [6.45, 7) is -0.413. The molecular weight excluding hydrogens is 568 g/mol. The number of rotatable bonds is 8. The van der Waals surface area contributed by atoms with Crippen molar-refractivity contribution in [1.29, 1.82) is 0 Å². The standard InChI is InChI=1S/C29H23BrN2O7/c30-23-16-17-32(31-23)28-29(36,24(33)19-10-4-1-5-11-19)25(39-27(35)21-14-8-3-9-15-21)22(38-28)18-37-26(34)20-12-6-2-7-13-20/h1-17,22,25,28,36H,18H2/t22-,25-,28-,29-/m0/s1. The van der Waals surface area contributed by atoms with Crippen LogP contribution >= 0.6 is 15.9 Å². The maximum Gasteiger partial charge on any atom is 0.338 e. The number of carbonyl (C=O) groups excluding carboxylic acids is 3. The van der Waals surface area contributed by atoms with Crippen LogP contribution in [-0.2, 0) is 14.2 Å². The lowest BCUT2D eigenvalue weighted by atomic mass is 9.85. The number of halogens is 1. The number of benzene rings is 3. The van der Waals surface area contributed by atoms with Crippen LogP contribution in [0.25, 0.3) is 0 Å². The summed E-state index contributed by atoms with van der Waals surface area (Å²) in [5.74, 6) is -2.18. The minimum absolute atomic E-state index is 0.169. The SMILES string of the molecule is O=C(OC[C@@H]1O[C@H](n2ccc(Br)n2)[C@](O)(C(=O)c2ccccc2)[C@H]1OC(=O)c1ccccc1)c1ccccc1. The van der Waals surface area contributed by atoms with Gasteiger partial charge < -0.3 is 19.3 Å². The number of Topliss-reactive ketones (excluding diaryl/α,β-unsaturated/α-hetero) is 1. The minimum atomic E-state index is -2.43. The Morgan fingerprint density at radius 3 is 1.92 bits per heavy atom. The molecule has 4 atom stereocenters. The van der Waals surface area contributed by atoms with Crippen LogP contribution in [0.15, 0.2) is 108 Å². The number of ether oxygens (including phenoxy) is 3. The Morgan fingerprint density at radius 2 is 1.38 bits per heavy atom. The third kappa shape index (κ3) is 5.40. The van der Waals surface area contributed by atoms with Gasteiger partial charge in [-0.1, -0.05) is 66.7 Å². The summed E-state index contributed by atoms with van der Waals surface area (Å²) >= 11 is 3.27. The first-order valence-corrected chi connectivity index (χ1v) is 12.8. The monoisotopic (exact) mass is 590 g/mol. The molecule has 0 spiro atoms. The molecule has 4 aromatic rings. The van der Waals surface area contributed by atoms with E-state index in [1.54, 1.807) is 84.9 Å². The van der Waals surface area contributed by atoms with E-state index in [0.717, 1.165) is 0 Å². The largest absolute Gasteiger partial charge is 0.459 e. The first-order valence-electron chi connectivity index (χ1n) is 12.0. The van der Waals surface area contributed by atoms with Crippen LogP contribution in [0.1, 0.15) is 37.3 Å². The molecule has 1 N–H and O–H groups in total. The molecule has 0 saturated carbocycles. The van der Waals surface area contributed by atoms with E-state index in [1.165, 1.54) is 23.0 Å². The zero-order valence-electron chi connectivity index (χ0n) is 20.4. The third-order valence-corrected chi connectivity index (χ3v) is 6.72. The van der Waals surface area contributed by atoms with Gasteiger partial charge >= 0.3 is 11.9 Å². The van der Waals surface area contributed by atoms with Gasteiger partial charge in [-0.25, -0.2) is 14.3 Å². The van der Waals surface area contributed by atoms with Crippen molar-refractivity contribution >= 4 is 33.7 Å². The van der Waals surface area contributed by atoms with E-state index < -0.39 is 48.4 Å². The van der Waals surface area contributed by atoms with Crippen LogP contribution in [-0.4, -0.2) is 57.0 Å². The highest BCUT2D eigenvalue weighted by molar-refractivity contribution is 9.10. The molecule has 1 saturated heterocycles. The number of aromatic nitrogens is 2. The lowest BCUT2D eigenvalue weighted by molar-refractivity contribution is -0.0913. The van der Waals surface area contributed by atoms with Crippen LogP contribution in [0.5, 0.6) is 0 Å². The molecule has 1 aliphatic heterocycles. The summed E-state index contributed by atoms with van der Waals surface area (Å²) in [5.41, 5.74) is -1.75. The molecular formula is C29H23BrN2O7. The Bertz CT molecular complexity index is 1460. The summed E-state index contributed by atoms with van der Waals surface area (Å²) in [5, 5.41) is 16.4. The quantitative estimate of drug-likeness (QED) is 0.239. The maximum absolute atomic E-state index is 13.9. The summed E-state index contributed by atoms with van der Waals surface area (Å²) in [4.78, 5) is 39.8. The van der Waals surface area contributed by atoms with E-state index in [1.807, 2.05) is 0 Å². The van der Waals surface area contributed by atoms with Gasteiger partial charge in [-0.15, -0.1) is 0 Å². The third-order valence-electron chi connectivity index (χ3n) is 6.30. The van der Waals surface area contributed by atoms with Crippen molar-refractivity contribution < 1.29 is 33.7 Å². The Morgan fingerprint density at radius 1 is 0.846 bits per heavy atom. The summed E-state index contributed by atoms with van der Waals surface area (Å²) in [7, 11) is 0. The number of aliphatic hydroxyl groups is 1. The molecule has 1 aliphatic rings. The molecule has 2 heterocycles. The number of ketones is 1. The van der Waals surface area contributed by atoms with E-state index in [2.05, 4.69) is 21.0 Å². The average Bonchev–Trinajstić information content (AvgIpc) is 3.53. The number of hydrogen-bond donors (Lipinski definition) is 1.